The van der Waals surface area contributed by atoms with Gasteiger partial charge >= 0.3 is 0 Å². The quantitative estimate of drug-likeness (QED) is 0.605. The molecule has 0 saturated heterocycles. The fourth-order valence-corrected chi connectivity index (χ4v) is 3.87. The Bertz CT molecular complexity index is 929. The number of oxime groups is 1. The van der Waals surface area contributed by atoms with E-state index in [2.05, 4.69) is 5.16 Å². The number of rotatable bonds is 6. The summed E-state index contributed by atoms with van der Waals surface area (Å²) in [4.78, 5) is 20.4. The number of nitrogens with zero attached hydrogens (tertiary/aromatic N) is 2. The first kappa shape index (κ1) is 20.2. The Morgan fingerprint density at radius 2 is 1.90 bits per heavy atom. The number of carbonyl (C=O) groups excluding carboxylic acids is 1. The van der Waals surface area contributed by atoms with Gasteiger partial charge in [0.05, 0.1) is 22.3 Å². The van der Waals surface area contributed by atoms with E-state index in [9.17, 15) is 9.18 Å². The lowest BCUT2D eigenvalue weighted by Crippen LogP contribution is -2.42. The van der Waals surface area contributed by atoms with Gasteiger partial charge in [-0.2, -0.15) is 0 Å². The highest BCUT2D eigenvalue weighted by atomic mass is 35.5. The third kappa shape index (κ3) is 4.73. The molecule has 4 nitrogen and oxygen atoms in total. The largest absolute Gasteiger partial charge is 0.390 e. The minimum Gasteiger partial charge on any atom is -0.390 e. The molecule has 1 fully saturated rings. The van der Waals surface area contributed by atoms with Crippen LogP contribution in [-0.4, -0.2) is 29.2 Å². The van der Waals surface area contributed by atoms with Crippen LogP contribution in [0, 0.1) is 11.7 Å². The maximum atomic E-state index is 13.2. The van der Waals surface area contributed by atoms with Crippen molar-refractivity contribution in [1.29, 1.82) is 0 Å². The zero-order valence-electron chi connectivity index (χ0n) is 15.8. The minimum absolute atomic E-state index is 0.0762. The molecule has 1 amide bonds. The molecule has 2 aromatic carbocycles. The van der Waals surface area contributed by atoms with E-state index >= 15 is 0 Å². The first-order valence-corrected chi connectivity index (χ1v) is 10.5. The zero-order chi connectivity index (χ0) is 20.4. The number of benzene rings is 2. The van der Waals surface area contributed by atoms with Gasteiger partial charge in [0, 0.05) is 24.4 Å². The molecule has 1 aliphatic carbocycles. The second-order valence-corrected chi connectivity index (χ2v) is 8.39. The van der Waals surface area contributed by atoms with Crippen LogP contribution in [0.25, 0.3) is 0 Å². The zero-order valence-corrected chi connectivity index (χ0v) is 17.3. The van der Waals surface area contributed by atoms with Crippen molar-refractivity contribution in [3.63, 3.8) is 0 Å². The summed E-state index contributed by atoms with van der Waals surface area (Å²) in [6.45, 7) is 0.860. The topological polar surface area (TPSA) is 41.9 Å². The second-order valence-electron chi connectivity index (χ2n) is 7.57. The Hall–Kier alpha value is -2.11. The Morgan fingerprint density at radius 1 is 1.14 bits per heavy atom. The molecule has 1 saturated carbocycles. The molecule has 1 aliphatic heterocycles. The molecule has 2 aliphatic rings. The van der Waals surface area contributed by atoms with Gasteiger partial charge in [-0.15, -0.1) is 0 Å². The first-order chi connectivity index (χ1) is 14.0. The SMILES string of the molecule is O=C(C1CCC1)N(Cc1ccc(F)cc1)C[C@@H]1CC(c2ccc(Cl)c(Cl)c2)=NO1. The molecule has 0 N–H and O–H groups in total. The van der Waals surface area contributed by atoms with Crippen molar-refractivity contribution < 1.29 is 14.0 Å². The summed E-state index contributed by atoms with van der Waals surface area (Å²) in [6.07, 6.45) is 3.29. The smallest absolute Gasteiger partial charge is 0.226 e. The maximum absolute atomic E-state index is 13.2. The molecule has 2 aromatic rings. The Balaban J connectivity index is 1.44. The lowest BCUT2D eigenvalue weighted by atomic mass is 9.84. The van der Waals surface area contributed by atoms with Crippen LogP contribution in [-0.2, 0) is 16.2 Å². The van der Waals surface area contributed by atoms with Crippen molar-refractivity contribution in [2.24, 2.45) is 11.1 Å². The van der Waals surface area contributed by atoms with Crippen molar-refractivity contribution in [2.45, 2.75) is 38.3 Å². The number of halogens is 3. The normalized spacial score (nSPS) is 18.7. The molecular formula is C22H21Cl2FN2O2. The highest BCUT2D eigenvalue weighted by molar-refractivity contribution is 6.42. The van der Waals surface area contributed by atoms with E-state index in [-0.39, 0.29) is 23.7 Å². The van der Waals surface area contributed by atoms with Crippen molar-refractivity contribution in [2.75, 3.05) is 6.54 Å². The van der Waals surface area contributed by atoms with Gasteiger partial charge in [0.15, 0.2) is 6.10 Å². The molecule has 0 spiro atoms. The molecule has 29 heavy (non-hydrogen) atoms. The number of hydrogen-bond acceptors (Lipinski definition) is 3. The average Bonchev–Trinajstić information content (AvgIpc) is 3.12. The van der Waals surface area contributed by atoms with Crippen LogP contribution in [0.1, 0.15) is 36.8 Å². The van der Waals surface area contributed by atoms with Gasteiger partial charge in [-0.1, -0.05) is 53.0 Å². The number of amides is 1. The summed E-state index contributed by atoms with van der Waals surface area (Å²) in [5.74, 6) is -0.0797. The van der Waals surface area contributed by atoms with E-state index in [4.69, 9.17) is 28.0 Å². The maximum Gasteiger partial charge on any atom is 0.226 e. The molecule has 1 atom stereocenters. The standard InChI is InChI=1S/C22H21Cl2FN2O2/c23-19-9-6-16(10-20(19)24)21-11-18(29-26-21)13-27(22(28)15-2-1-3-15)12-14-4-7-17(25)8-5-14/h4-10,15,18H,1-3,11-13H2/t18-/m0/s1. The van der Waals surface area contributed by atoms with E-state index in [0.29, 0.717) is 29.6 Å². The average molecular weight is 435 g/mol. The van der Waals surface area contributed by atoms with E-state index in [1.807, 2.05) is 11.0 Å². The lowest BCUT2D eigenvalue weighted by Gasteiger charge is -2.32. The predicted molar refractivity (Wildman–Crippen MR) is 112 cm³/mol. The summed E-state index contributed by atoms with van der Waals surface area (Å²) in [7, 11) is 0. The van der Waals surface area contributed by atoms with Crippen LogP contribution in [0.3, 0.4) is 0 Å². The monoisotopic (exact) mass is 434 g/mol. The van der Waals surface area contributed by atoms with Gasteiger partial charge in [-0.3, -0.25) is 4.79 Å². The van der Waals surface area contributed by atoms with E-state index in [1.165, 1.54) is 12.1 Å². The first-order valence-electron chi connectivity index (χ1n) is 9.71. The molecule has 152 valence electrons. The van der Waals surface area contributed by atoms with Crippen molar-refractivity contribution in [3.8, 4) is 0 Å². The van der Waals surface area contributed by atoms with Gasteiger partial charge < -0.3 is 9.74 Å². The molecular weight excluding hydrogens is 414 g/mol. The van der Waals surface area contributed by atoms with Crippen LogP contribution in [0.2, 0.25) is 10.0 Å². The summed E-state index contributed by atoms with van der Waals surface area (Å²) >= 11 is 12.1. The van der Waals surface area contributed by atoms with Crippen LogP contribution in [0.5, 0.6) is 0 Å². The van der Waals surface area contributed by atoms with Gasteiger partial charge in [0.25, 0.3) is 0 Å². The van der Waals surface area contributed by atoms with Gasteiger partial charge in [-0.05, 0) is 42.7 Å². The Kier molecular flexibility index (Phi) is 6.07. The van der Waals surface area contributed by atoms with Crippen LogP contribution >= 0.6 is 23.2 Å². The highest BCUT2D eigenvalue weighted by Crippen LogP contribution is 2.30. The molecule has 1 heterocycles. The fourth-order valence-electron chi connectivity index (χ4n) is 3.57. The van der Waals surface area contributed by atoms with Gasteiger partial charge in [0.2, 0.25) is 5.91 Å². The van der Waals surface area contributed by atoms with Crippen LogP contribution in [0.4, 0.5) is 4.39 Å². The highest BCUT2D eigenvalue weighted by Gasteiger charge is 2.33. The van der Waals surface area contributed by atoms with E-state index < -0.39 is 0 Å². The van der Waals surface area contributed by atoms with Crippen LogP contribution < -0.4 is 0 Å². The minimum atomic E-state index is -0.288. The summed E-state index contributed by atoms with van der Waals surface area (Å²) in [6, 6.07) is 11.6. The van der Waals surface area contributed by atoms with Gasteiger partial charge in [-0.25, -0.2) is 4.39 Å². The Morgan fingerprint density at radius 3 is 2.55 bits per heavy atom. The van der Waals surface area contributed by atoms with Crippen molar-refractivity contribution >= 4 is 34.8 Å². The summed E-state index contributed by atoms with van der Waals surface area (Å²) in [5, 5.41) is 5.15. The molecule has 0 unspecified atom stereocenters. The summed E-state index contributed by atoms with van der Waals surface area (Å²) < 4.78 is 13.2. The third-order valence-corrected chi connectivity index (χ3v) is 6.20. The number of carbonyl (C=O) groups is 1. The molecule has 4 rings (SSSR count). The predicted octanol–water partition coefficient (Wildman–Crippen LogP) is 5.45. The third-order valence-electron chi connectivity index (χ3n) is 5.46. The summed E-state index contributed by atoms with van der Waals surface area (Å²) in [5.41, 5.74) is 2.53. The Labute approximate surface area is 179 Å². The van der Waals surface area contributed by atoms with Crippen LogP contribution in [0.15, 0.2) is 47.6 Å². The second kappa shape index (κ2) is 8.72. The lowest BCUT2D eigenvalue weighted by molar-refractivity contribution is -0.140. The fraction of sp³-hybridized carbons (Fsp3) is 0.364. The molecule has 0 aromatic heterocycles. The molecule has 7 heteroatoms. The van der Waals surface area contributed by atoms with Crippen molar-refractivity contribution in [3.05, 3.63) is 69.5 Å². The molecule has 0 bridgehead atoms. The number of hydrogen-bond donors (Lipinski definition) is 0. The van der Waals surface area contributed by atoms with E-state index in [1.54, 1.807) is 24.3 Å². The van der Waals surface area contributed by atoms with E-state index in [0.717, 1.165) is 36.1 Å². The van der Waals surface area contributed by atoms with Crippen molar-refractivity contribution in [1.82, 2.24) is 4.90 Å². The van der Waals surface area contributed by atoms with Gasteiger partial charge in [0.1, 0.15) is 5.82 Å². The molecule has 0 radical (unpaired) electrons.